The SMILES string of the molecule is CCCCC/C=C\C/C=C\CCCCCCCC(=O)OCC1(CC2CC2)CCN(C(=O)CCCN(C)C)CC1. The number of ether oxygens (including phenoxy) is 1. The molecule has 0 radical (unpaired) electrons. The summed E-state index contributed by atoms with van der Waals surface area (Å²) in [4.78, 5) is 29.3. The Morgan fingerprint density at radius 2 is 1.49 bits per heavy atom. The Hall–Kier alpha value is -1.62. The summed E-state index contributed by atoms with van der Waals surface area (Å²) >= 11 is 0. The van der Waals surface area contributed by atoms with Gasteiger partial charge in [-0.2, -0.15) is 0 Å². The highest BCUT2D eigenvalue weighted by atomic mass is 16.5. The molecule has 1 aliphatic heterocycles. The predicted molar refractivity (Wildman–Crippen MR) is 164 cm³/mol. The van der Waals surface area contributed by atoms with Crippen molar-refractivity contribution in [2.24, 2.45) is 11.3 Å². The molecule has 0 unspecified atom stereocenters. The number of allylic oxidation sites excluding steroid dienone is 4. The number of esters is 1. The van der Waals surface area contributed by atoms with E-state index in [1.54, 1.807) is 0 Å². The Morgan fingerprint density at radius 1 is 0.846 bits per heavy atom. The lowest BCUT2D eigenvalue weighted by Gasteiger charge is -2.41. The van der Waals surface area contributed by atoms with Gasteiger partial charge >= 0.3 is 5.97 Å². The van der Waals surface area contributed by atoms with Gasteiger partial charge in [0.1, 0.15) is 0 Å². The topological polar surface area (TPSA) is 49.9 Å². The molecule has 0 atom stereocenters. The molecule has 2 aliphatic rings. The van der Waals surface area contributed by atoms with Crippen molar-refractivity contribution in [2.75, 3.05) is 40.3 Å². The van der Waals surface area contributed by atoms with Crippen LogP contribution in [0.5, 0.6) is 0 Å². The van der Waals surface area contributed by atoms with Crippen LogP contribution >= 0.6 is 0 Å². The smallest absolute Gasteiger partial charge is 0.305 e. The normalized spacial score (nSPS) is 17.5. The summed E-state index contributed by atoms with van der Waals surface area (Å²) in [5, 5.41) is 0. The molecule has 0 N–H and O–H groups in total. The number of unbranched alkanes of at least 4 members (excludes halogenated alkanes) is 8. The van der Waals surface area contributed by atoms with Gasteiger partial charge in [0, 0.05) is 31.3 Å². The Labute approximate surface area is 240 Å². The molecule has 2 rings (SSSR count). The number of nitrogens with zero attached hydrogens (tertiary/aromatic N) is 2. The number of likely N-dealkylation sites (tertiary alicyclic amines) is 1. The number of carbonyl (C=O) groups excluding carboxylic acids is 2. The molecule has 0 bridgehead atoms. The zero-order chi connectivity index (χ0) is 28.2. The van der Waals surface area contributed by atoms with Crippen LogP contribution in [0.25, 0.3) is 0 Å². The zero-order valence-electron chi connectivity index (χ0n) is 25.8. The lowest BCUT2D eigenvalue weighted by Crippen LogP contribution is -2.45. The quantitative estimate of drug-likeness (QED) is 0.0785. The Morgan fingerprint density at radius 3 is 2.13 bits per heavy atom. The zero-order valence-corrected chi connectivity index (χ0v) is 25.8. The monoisotopic (exact) mass is 544 g/mol. The molecule has 2 fully saturated rings. The van der Waals surface area contributed by atoms with Crippen LogP contribution in [0.2, 0.25) is 0 Å². The van der Waals surface area contributed by atoms with Gasteiger partial charge in [-0.15, -0.1) is 0 Å². The van der Waals surface area contributed by atoms with Crippen LogP contribution in [-0.4, -0.2) is 62.0 Å². The number of hydrogen-bond acceptors (Lipinski definition) is 4. The number of hydrogen-bond donors (Lipinski definition) is 0. The molecule has 5 nitrogen and oxygen atoms in total. The highest BCUT2D eigenvalue weighted by Gasteiger charge is 2.41. The van der Waals surface area contributed by atoms with E-state index in [0.29, 0.717) is 19.4 Å². The van der Waals surface area contributed by atoms with Gasteiger partial charge in [-0.05, 0) is 90.8 Å². The fourth-order valence-corrected chi connectivity index (χ4v) is 5.66. The Kier molecular flexibility index (Phi) is 17.5. The van der Waals surface area contributed by atoms with Gasteiger partial charge in [0.15, 0.2) is 0 Å². The molecule has 1 saturated carbocycles. The van der Waals surface area contributed by atoms with Gasteiger partial charge in [0.25, 0.3) is 0 Å². The van der Waals surface area contributed by atoms with E-state index in [-0.39, 0.29) is 17.3 Å². The highest BCUT2D eigenvalue weighted by Crippen LogP contribution is 2.46. The number of amides is 1. The molecule has 1 amide bonds. The van der Waals surface area contributed by atoms with Gasteiger partial charge in [0.2, 0.25) is 5.91 Å². The lowest BCUT2D eigenvalue weighted by molar-refractivity contribution is -0.150. The first kappa shape index (κ1) is 33.6. The third-order valence-electron chi connectivity index (χ3n) is 8.46. The lowest BCUT2D eigenvalue weighted by atomic mass is 9.75. The van der Waals surface area contributed by atoms with Gasteiger partial charge in [-0.1, -0.05) is 76.2 Å². The van der Waals surface area contributed by atoms with E-state index in [1.807, 2.05) is 4.90 Å². The summed E-state index contributed by atoms with van der Waals surface area (Å²) in [6.45, 7) is 5.38. The first-order valence-electron chi connectivity index (χ1n) is 16.3. The van der Waals surface area contributed by atoms with Crippen molar-refractivity contribution in [3.8, 4) is 0 Å². The maximum absolute atomic E-state index is 12.6. The van der Waals surface area contributed by atoms with Gasteiger partial charge < -0.3 is 14.5 Å². The van der Waals surface area contributed by atoms with Crippen molar-refractivity contribution in [1.82, 2.24) is 9.80 Å². The van der Waals surface area contributed by atoms with Gasteiger partial charge in [-0.3, -0.25) is 9.59 Å². The van der Waals surface area contributed by atoms with Crippen LogP contribution in [0.4, 0.5) is 0 Å². The molecule has 1 heterocycles. The maximum Gasteiger partial charge on any atom is 0.305 e. The van der Waals surface area contributed by atoms with Crippen molar-refractivity contribution in [2.45, 2.75) is 129 Å². The molecule has 1 saturated heterocycles. The first-order chi connectivity index (χ1) is 18.9. The standard InChI is InChI=1S/C34H60N2O3/c1-4-5-6-7-8-9-10-11-12-13-14-15-16-17-18-21-33(38)39-30-34(29-31-22-23-31)24-27-36(28-25-34)32(37)20-19-26-35(2)3/h8-9,11-12,31H,4-7,10,13-30H2,1-3H3/b9-8-,12-11-. The summed E-state index contributed by atoms with van der Waals surface area (Å²) in [6, 6.07) is 0. The van der Waals surface area contributed by atoms with E-state index in [1.165, 1.54) is 57.8 Å². The molecule has 224 valence electrons. The van der Waals surface area contributed by atoms with Crippen LogP contribution in [0.1, 0.15) is 129 Å². The van der Waals surface area contributed by atoms with Gasteiger partial charge in [0.05, 0.1) is 6.61 Å². The van der Waals surface area contributed by atoms with Crippen molar-refractivity contribution in [3.05, 3.63) is 24.3 Å². The van der Waals surface area contributed by atoms with E-state index < -0.39 is 0 Å². The van der Waals surface area contributed by atoms with Crippen LogP contribution < -0.4 is 0 Å². The number of carbonyl (C=O) groups is 2. The molecular formula is C34H60N2O3. The number of rotatable bonds is 22. The third-order valence-corrected chi connectivity index (χ3v) is 8.46. The van der Waals surface area contributed by atoms with E-state index in [4.69, 9.17) is 4.74 Å². The minimum Gasteiger partial charge on any atom is -0.465 e. The van der Waals surface area contributed by atoms with Gasteiger partial charge in [-0.25, -0.2) is 0 Å². The molecule has 0 aromatic carbocycles. The fraction of sp³-hybridized carbons (Fsp3) is 0.824. The molecule has 39 heavy (non-hydrogen) atoms. The highest BCUT2D eigenvalue weighted by molar-refractivity contribution is 5.76. The average molecular weight is 545 g/mol. The summed E-state index contributed by atoms with van der Waals surface area (Å²) in [5.41, 5.74) is 0.0790. The first-order valence-corrected chi connectivity index (χ1v) is 16.3. The second-order valence-electron chi connectivity index (χ2n) is 12.6. The maximum atomic E-state index is 12.6. The predicted octanol–water partition coefficient (Wildman–Crippen LogP) is 8.09. The summed E-state index contributed by atoms with van der Waals surface area (Å²) in [6.07, 6.45) is 30.1. The minimum absolute atomic E-state index is 0.0296. The van der Waals surface area contributed by atoms with Crippen molar-refractivity contribution in [1.29, 1.82) is 0 Å². The second kappa shape index (κ2) is 20.3. The largest absolute Gasteiger partial charge is 0.465 e. The fourth-order valence-electron chi connectivity index (χ4n) is 5.66. The van der Waals surface area contributed by atoms with Crippen LogP contribution in [0.15, 0.2) is 24.3 Å². The molecular weight excluding hydrogens is 484 g/mol. The Balaban J connectivity index is 1.53. The molecule has 0 spiro atoms. The van der Waals surface area contributed by atoms with E-state index in [0.717, 1.165) is 76.9 Å². The average Bonchev–Trinajstić information content (AvgIpc) is 3.73. The second-order valence-corrected chi connectivity index (χ2v) is 12.6. The van der Waals surface area contributed by atoms with Crippen molar-refractivity contribution < 1.29 is 14.3 Å². The molecule has 0 aromatic heterocycles. The van der Waals surface area contributed by atoms with Crippen LogP contribution in [-0.2, 0) is 14.3 Å². The molecule has 5 heteroatoms. The van der Waals surface area contributed by atoms with Crippen molar-refractivity contribution in [3.63, 3.8) is 0 Å². The molecule has 0 aromatic rings. The van der Waals surface area contributed by atoms with E-state index in [9.17, 15) is 9.59 Å². The Bertz CT molecular complexity index is 718. The van der Waals surface area contributed by atoms with E-state index in [2.05, 4.69) is 50.2 Å². The van der Waals surface area contributed by atoms with Crippen LogP contribution in [0.3, 0.4) is 0 Å². The number of piperidine rings is 1. The summed E-state index contributed by atoms with van der Waals surface area (Å²) in [7, 11) is 4.10. The third kappa shape index (κ3) is 16.3. The summed E-state index contributed by atoms with van der Waals surface area (Å²) < 4.78 is 5.86. The van der Waals surface area contributed by atoms with E-state index >= 15 is 0 Å². The summed E-state index contributed by atoms with van der Waals surface area (Å²) in [5.74, 6) is 1.06. The minimum atomic E-state index is -0.0296. The molecule has 1 aliphatic carbocycles. The van der Waals surface area contributed by atoms with Crippen molar-refractivity contribution >= 4 is 11.9 Å². The van der Waals surface area contributed by atoms with Crippen LogP contribution in [0, 0.1) is 11.3 Å².